The SMILES string of the molecule is CC(NC(=O)CCNS(=O)(=O)c1ccccc1)c1ccncc1. The Kier molecular flexibility index (Phi) is 5.84. The van der Waals surface area contributed by atoms with Crippen LogP contribution < -0.4 is 10.0 Å². The zero-order valence-corrected chi connectivity index (χ0v) is 13.6. The monoisotopic (exact) mass is 333 g/mol. The number of benzene rings is 1. The van der Waals surface area contributed by atoms with E-state index < -0.39 is 10.0 Å². The average Bonchev–Trinajstić information content (AvgIpc) is 2.56. The van der Waals surface area contributed by atoms with Crippen molar-refractivity contribution in [2.45, 2.75) is 24.3 Å². The molecule has 0 aliphatic carbocycles. The van der Waals surface area contributed by atoms with Crippen molar-refractivity contribution in [2.24, 2.45) is 0 Å². The summed E-state index contributed by atoms with van der Waals surface area (Å²) in [5, 5.41) is 2.82. The molecule has 1 atom stereocenters. The summed E-state index contributed by atoms with van der Waals surface area (Å²) in [4.78, 5) is 16.0. The molecule has 0 saturated carbocycles. The molecule has 0 aliphatic rings. The largest absolute Gasteiger partial charge is 0.350 e. The summed E-state index contributed by atoms with van der Waals surface area (Å²) < 4.78 is 26.4. The molecule has 1 aromatic carbocycles. The zero-order chi connectivity index (χ0) is 16.7. The van der Waals surface area contributed by atoms with E-state index >= 15 is 0 Å². The highest BCUT2D eigenvalue weighted by Crippen LogP contribution is 2.10. The first-order valence-corrected chi connectivity index (χ1v) is 8.71. The minimum Gasteiger partial charge on any atom is -0.350 e. The molecule has 1 aromatic heterocycles. The Morgan fingerprint density at radius 3 is 2.43 bits per heavy atom. The Balaban J connectivity index is 1.81. The zero-order valence-electron chi connectivity index (χ0n) is 12.8. The predicted octanol–water partition coefficient (Wildman–Crippen LogP) is 1.63. The van der Waals surface area contributed by atoms with Crippen molar-refractivity contribution >= 4 is 15.9 Å². The maximum absolute atomic E-state index is 12.0. The van der Waals surface area contributed by atoms with Crippen LogP contribution in [0, 0.1) is 0 Å². The van der Waals surface area contributed by atoms with Gasteiger partial charge in [0, 0.05) is 25.4 Å². The van der Waals surface area contributed by atoms with Crippen LogP contribution in [0.15, 0.2) is 59.8 Å². The van der Waals surface area contributed by atoms with Gasteiger partial charge in [0.15, 0.2) is 0 Å². The number of carbonyl (C=O) groups is 1. The number of nitrogens with zero attached hydrogens (tertiary/aromatic N) is 1. The lowest BCUT2D eigenvalue weighted by Gasteiger charge is -2.14. The molecule has 0 saturated heterocycles. The molecule has 6 nitrogen and oxygen atoms in total. The number of pyridine rings is 1. The fourth-order valence-electron chi connectivity index (χ4n) is 2.03. The smallest absolute Gasteiger partial charge is 0.240 e. The van der Waals surface area contributed by atoms with Gasteiger partial charge in [-0.2, -0.15) is 0 Å². The molecular weight excluding hydrogens is 314 g/mol. The molecular formula is C16H19N3O3S. The first kappa shape index (κ1) is 17.1. The maximum atomic E-state index is 12.0. The summed E-state index contributed by atoms with van der Waals surface area (Å²) in [6, 6.07) is 11.5. The summed E-state index contributed by atoms with van der Waals surface area (Å²) in [6.45, 7) is 1.91. The van der Waals surface area contributed by atoms with E-state index in [-0.39, 0.29) is 29.8 Å². The second-order valence-electron chi connectivity index (χ2n) is 5.03. The van der Waals surface area contributed by atoms with Crippen molar-refractivity contribution < 1.29 is 13.2 Å². The second-order valence-corrected chi connectivity index (χ2v) is 6.80. The molecule has 0 bridgehead atoms. The van der Waals surface area contributed by atoms with E-state index in [4.69, 9.17) is 0 Å². The lowest BCUT2D eigenvalue weighted by Crippen LogP contribution is -2.32. The van der Waals surface area contributed by atoms with Gasteiger partial charge in [0.25, 0.3) is 0 Å². The molecule has 0 spiro atoms. The van der Waals surface area contributed by atoms with Crippen molar-refractivity contribution in [1.82, 2.24) is 15.0 Å². The highest BCUT2D eigenvalue weighted by molar-refractivity contribution is 7.89. The van der Waals surface area contributed by atoms with E-state index in [0.717, 1.165) is 5.56 Å². The molecule has 2 N–H and O–H groups in total. The number of hydrogen-bond acceptors (Lipinski definition) is 4. The molecule has 2 rings (SSSR count). The van der Waals surface area contributed by atoms with Crippen molar-refractivity contribution in [3.63, 3.8) is 0 Å². The first-order valence-electron chi connectivity index (χ1n) is 7.23. The van der Waals surface area contributed by atoms with Crippen molar-refractivity contribution in [2.75, 3.05) is 6.54 Å². The Hall–Kier alpha value is -2.25. The highest BCUT2D eigenvalue weighted by atomic mass is 32.2. The lowest BCUT2D eigenvalue weighted by atomic mass is 10.1. The van der Waals surface area contributed by atoms with Gasteiger partial charge in [-0.25, -0.2) is 13.1 Å². The van der Waals surface area contributed by atoms with Gasteiger partial charge in [-0.15, -0.1) is 0 Å². The van der Waals surface area contributed by atoms with Crippen LogP contribution in [0.5, 0.6) is 0 Å². The van der Waals surface area contributed by atoms with Gasteiger partial charge in [-0.05, 0) is 36.8 Å². The van der Waals surface area contributed by atoms with Crippen LogP contribution in [0.4, 0.5) is 0 Å². The number of carbonyl (C=O) groups excluding carboxylic acids is 1. The Morgan fingerprint density at radius 2 is 1.78 bits per heavy atom. The van der Waals surface area contributed by atoms with Gasteiger partial charge in [0.2, 0.25) is 15.9 Å². The average molecular weight is 333 g/mol. The quantitative estimate of drug-likeness (QED) is 0.806. The van der Waals surface area contributed by atoms with E-state index in [1.165, 1.54) is 12.1 Å². The standard InChI is InChI=1S/C16H19N3O3S/c1-13(14-7-10-17-11-8-14)19-16(20)9-12-18-23(21,22)15-5-3-2-4-6-15/h2-8,10-11,13,18H,9,12H2,1H3,(H,19,20). The predicted molar refractivity (Wildman–Crippen MR) is 87.0 cm³/mol. The number of hydrogen-bond donors (Lipinski definition) is 2. The summed E-state index contributed by atoms with van der Waals surface area (Å²) in [7, 11) is -3.57. The third-order valence-corrected chi connectivity index (χ3v) is 4.76. The van der Waals surface area contributed by atoms with Crippen LogP contribution in [0.3, 0.4) is 0 Å². The minimum atomic E-state index is -3.57. The van der Waals surface area contributed by atoms with E-state index in [1.807, 2.05) is 19.1 Å². The fourth-order valence-corrected chi connectivity index (χ4v) is 3.08. The first-order chi connectivity index (χ1) is 11.0. The van der Waals surface area contributed by atoms with Crippen LogP contribution in [0.2, 0.25) is 0 Å². The summed E-state index contributed by atoms with van der Waals surface area (Å²) in [5.74, 6) is -0.218. The fraction of sp³-hybridized carbons (Fsp3) is 0.250. The molecule has 122 valence electrons. The topological polar surface area (TPSA) is 88.2 Å². The van der Waals surface area contributed by atoms with Gasteiger partial charge in [-0.3, -0.25) is 9.78 Å². The number of sulfonamides is 1. The molecule has 1 heterocycles. The molecule has 1 unspecified atom stereocenters. The molecule has 0 fully saturated rings. The van der Waals surface area contributed by atoms with Gasteiger partial charge in [0.1, 0.15) is 0 Å². The Labute approximate surface area is 136 Å². The molecule has 0 radical (unpaired) electrons. The van der Waals surface area contributed by atoms with Gasteiger partial charge in [-0.1, -0.05) is 18.2 Å². The van der Waals surface area contributed by atoms with E-state index in [2.05, 4.69) is 15.0 Å². The van der Waals surface area contributed by atoms with Crippen LogP contribution >= 0.6 is 0 Å². The summed E-state index contributed by atoms with van der Waals surface area (Å²) in [5.41, 5.74) is 0.943. The van der Waals surface area contributed by atoms with Crippen LogP contribution in [-0.2, 0) is 14.8 Å². The van der Waals surface area contributed by atoms with Gasteiger partial charge >= 0.3 is 0 Å². The third-order valence-electron chi connectivity index (χ3n) is 3.28. The molecule has 2 aromatic rings. The highest BCUT2D eigenvalue weighted by Gasteiger charge is 2.14. The minimum absolute atomic E-state index is 0.0477. The van der Waals surface area contributed by atoms with Crippen molar-refractivity contribution in [1.29, 1.82) is 0 Å². The molecule has 23 heavy (non-hydrogen) atoms. The van der Waals surface area contributed by atoms with Crippen LogP contribution in [0.25, 0.3) is 0 Å². The Morgan fingerprint density at radius 1 is 1.13 bits per heavy atom. The number of rotatable bonds is 7. The third kappa shape index (κ3) is 5.15. The maximum Gasteiger partial charge on any atom is 0.240 e. The summed E-state index contributed by atoms with van der Waals surface area (Å²) >= 11 is 0. The van der Waals surface area contributed by atoms with Crippen LogP contribution in [0.1, 0.15) is 24.9 Å². The van der Waals surface area contributed by atoms with E-state index in [9.17, 15) is 13.2 Å². The van der Waals surface area contributed by atoms with Crippen LogP contribution in [-0.4, -0.2) is 25.9 Å². The molecule has 0 aliphatic heterocycles. The lowest BCUT2D eigenvalue weighted by molar-refractivity contribution is -0.121. The Bertz CT molecular complexity index is 734. The van der Waals surface area contributed by atoms with Gasteiger partial charge in [0.05, 0.1) is 10.9 Å². The number of nitrogens with one attached hydrogen (secondary N) is 2. The molecule has 7 heteroatoms. The van der Waals surface area contributed by atoms with Crippen molar-refractivity contribution in [3.8, 4) is 0 Å². The second kappa shape index (κ2) is 7.85. The summed E-state index contributed by atoms with van der Waals surface area (Å²) in [6.07, 6.45) is 3.39. The number of amides is 1. The normalized spacial score (nSPS) is 12.6. The van der Waals surface area contributed by atoms with E-state index in [1.54, 1.807) is 30.6 Å². The van der Waals surface area contributed by atoms with Gasteiger partial charge < -0.3 is 5.32 Å². The van der Waals surface area contributed by atoms with Crippen molar-refractivity contribution in [3.05, 3.63) is 60.4 Å². The van der Waals surface area contributed by atoms with E-state index in [0.29, 0.717) is 0 Å². The molecule has 1 amide bonds. The number of aromatic nitrogens is 1.